The van der Waals surface area contributed by atoms with E-state index in [-0.39, 0.29) is 70.8 Å². The fourth-order valence-corrected chi connectivity index (χ4v) is 11.6. The summed E-state index contributed by atoms with van der Waals surface area (Å²) in [5.41, 5.74) is -0.959. The highest BCUT2D eigenvalue weighted by Gasteiger charge is 2.86. The van der Waals surface area contributed by atoms with Gasteiger partial charge in [-0.15, -0.1) is 0 Å². The van der Waals surface area contributed by atoms with Gasteiger partial charge in [-0.05, 0) is 50.8 Å². The standard InChI is InChI=1S/C34H49NO8/c1-8-35-18-32(19-38-4)15-14-25(40-6)34-24-16-23(39-5)17-33(43-21(3)36,27(30(34)35)28(41-7)29(32)34)26(24)20(2)42-31(37)22-12-10-9-11-13-22/h9-13,20,23-30H,8,14-19H2,1-7H3. The summed E-state index contributed by atoms with van der Waals surface area (Å²) in [6.07, 6.45) is 2.26. The van der Waals surface area contributed by atoms with Crippen molar-refractivity contribution in [3.63, 3.8) is 0 Å². The highest BCUT2D eigenvalue weighted by Crippen LogP contribution is 2.78. The molecule has 4 aliphatic carbocycles. The monoisotopic (exact) mass is 599 g/mol. The molecule has 0 aromatic heterocycles. The number of benzene rings is 1. The van der Waals surface area contributed by atoms with Crippen LogP contribution in [0, 0.1) is 34.5 Å². The topological polar surface area (TPSA) is 92.8 Å². The number of carbonyl (C=O) groups is 2. The van der Waals surface area contributed by atoms with Crippen molar-refractivity contribution in [3.8, 4) is 0 Å². The molecule has 9 heteroatoms. The van der Waals surface area contributed by atoms with Crippen LogP contribution in [0.1, 0.15) is 56.8 Å². The predicted molar refractivity (Wildman–Crippen MR) is 158 cm³/mol. The van der Waals surface area contributed by atoms with E-state index < -0.39 is 11.7 Å². The Kier molecular flexibility index (Phi) is 8.20. The van der Waals surface area contributed by atoms with Gasteiger partial charge in [-0.1, -0.05) is 25.1 Å². The summed E-state index contributed by atoms with van der Waals surface area (Å²) >= 11 is 0. The minimum atomic E-state index is -0.964. The van der Waals surface area contributed by atoms with Gasteiger partial charge in [-0.25, -0.2) is 4.79 Å². The minimum Gasteiger partial charge on any atom is -0.459 e. The maximum Gasteiger partial charge on any atom is 0.338 e. The van der Waals surface area contributed by atoms with E-state index in [9.17, 15) is 9.59 Å². The zero-order valence-corrected chi connectivity index (χ0v) is 26.7. The predicted octanol–water partition coefficient (Wildman–Crippen LogP) is 3.98. The lowest BCUT2D eigenvalue weighted by Gasteiger charge is -2.71. The Morgan fingerprint density at radius 1 is 1.07 bits per heavy atom. The van der Waals surface area contributed by atoms with Crippen molar-refractivity contribution in [2.75, 3.05) is 48.1 Å². The number of fused-ring (bicyclic) bond motifs is 3. The van der Waals surface area contributed by atoms with Crippen LogP contribution in [0.5, 0.6) is 0 Å². The SMILES string of the molecule is CCN1CC2(COC)CCC(OC)C34C5CC(OC)CC(OC(C)=O)(C5C(C)OC(=O)c5ccccc5)C(C(OC)C23)C14. The van der Waals surface area contributed by atoms with Crippen LogP contribution in [0.3, 0.4) is 0 Å². The smallest absolute Gasteiger partial charge is 0.338 e. The van der Waals surface area contributed by atoms with Crippen LogP contribution in [0.4, 0.5) is 0 Å². The maximum atomic E-state index is 13.5. The molecule has 12 unspecified atom stereocenters. The van der Waals surface area contributed by atoms with Gasteiger partial charge >= 0.3 is 11.9 Å². The molecule has 1 saturated heterocycles. The molecule has 0 amide bonds. The molecule has 1 heterocycles. The molecule has 1 aliphatic heterocycles. The van der Waals surface area contributed by atoms with E-state index >= 15 is 0 Å². The second-order valence-electron chi connectivity index (χ2n) is 13.7. The molecule has 5 aliphatic rings. The zero-order valence-electron chi connectivity index (χ0n) is 26.7. The molecule has 1 aromatic rings. The molecule has 4 saturated carbocycles. The molecule has 238 valence electrons. The summed E-state index contributed by atoms with van der Waals surface area (Å²) in [5, 5.41) is 0. The minimum absolute atomic E-state index is 0.0219. The molecule has 0 N–H and O–H groups in total. The molecule has 0 radical (unpaired) electrons. The lowest BCUT2D eigenvalue weighted by atomic mass is 9.40. The van der Waals surface area contributed by atoms with Gasteiger partial charge in [-0.2, -0.15) is 0 Å². The van der Waals surface area contributed by atoms with Crippen LogP contribution >= 0.6 is 0 Å². The number of ether oxygens (including phenoxy) is 6. The lowest BCUT2D eigenvalue weighted by Crippen LogP contribution is -2.79. The van der Waals surface area contributed by atoms with Gasteiger partial charge in [0.1, 0.15) is 11.7 Å². The van der Waals surface area contributed by atoms with Crippen molar-refractivity contribution in [1.29, 1.82) is 0 Å². The number of carbonyl (C=O) groups excluding carboxylic acids is 2. The first-order valence-corrected chi connectivity index (χ1v) is 16.0. The number of esters is 2. The Morgan fingerprint density at radius 3 is 2.42 bits per heavy atom. The van der Waals surface area contributed by atoms with Crippen LogP contribution < -0.4 is 0 Å². The highest BCUT2D eigenvalue weighted by molar-refractivity contribution is 5.89. The van der Waals surface area contributed by atoms with E-state index in [1.807, 2.05) is 32.2 Å². The third kappa shape index (κ3) is 4.21. The molecule has 1 spiro atoms. The van der Waals surface area contributed by atoms with Crippen LogP contribution in [-0.4, -0.2) is 101 Å². The maximum absolute atomic E-state index is 13.5. The van der Waals surface area contributed by atoms with Crippen molar-refractivity contribution in [3.05, 3.63) is 35.9 Å². The van der Waals surface area contributed by atoms with Crippen molar-refractivity contribution in [2.45, 2.75) is 82.5 Å². The molecule has 1 aromatic carbocycles. The van der Waals surface area contributed by atoms with E-state index in [1.165, 1.54) is 6.92 Å². The van der Waals surface area contributed by atoms with E-state index in [2.05, 4.69) is 11.8 Å². The number of nitrogens with zero attached hydrogens (tertiary/aromatic N) is 1. The summed E-state index contributed by atoms with van der Waals surface area (Å²) in [4.78, 5) is 29.3. The molecule has 6 rings (SSSR count). The van der Waals surface area contributed by atoms with Crippen LogP contribution in [-0.2, 0) is 33.2 Å². The third-order valence-corrected chi connectivity index (χ3v) is 12.2. The summed E-state index contributed by atoms with van der Waals surface area (Å²) in [6, 6.07) is 9.17. The van der Waals surface area contributed by atoms with Gasteiger partial charge < -0.3 is 28.4 Å². The van der Waals surface area contributed by atoms with Gasteiger partial charge in [0, 0.05) is 83.0 Å². The average Bonchev–Trinajstić information content (AvgIpc) is 3.22. The quantitative estimate of drug-likeness (QED) is 0.370. The first kappa shape index (κ1) is 31.0. The van der Waals surface area contributed by atoms with E-state index in [4.69, 9.17) is 28.4 Å². The number of hydrogen-bond acceptors (Lipinski definition) is 9. The first-order valence-electron chi connectivity index (χ1n) is 16.0. The Balaban J connectivity index is 1.59. The largest absolute Gasteiger partial charge is 0.459 e. The number of methoxy groups -OCH3 is 4. The molecule has 12 atom stereocenters. The van der Waals surface area contributed by atoms with E-state index in [1.54, 1.807) is 33.5 Å². The van der Waals surface area contributed by atoms with Gasteiger partial charge in [0.25, 0.3) is 0 Å². The van der Waals surface area contributed by atoms with E-state index in [0.29, 0.717) is 18.6 Å². The number of hydrogen-bond donors (Lipinski definition) is 0. The average molecular weight is 600 g/mol. The van der Waals surface area contributed by atoms with Crippen LogP contribution in [0.2, 0.25) is 0 Å². The molecular formula is C34H49NO8. The molecular weight excluding hydrogens is 550 g/mol. The van der Waals surface area contributed by atoms with Crippen LogP contribution in [0.25, 0.3) is 0 Å². The number of likely N-dealkylation sites (tertiary alicyclic amines) is 1. The van der Waals surface area contributed by atoms with Gasteiger partial charge in [0.15, 0.2) is 0 Å². The Labute approximate surface area is 255 Å². The normalized spacial score (nSPS) is 43.6. The van der Waals surface area contributed by atoms with E-state index in [0.717, 1.165) is 32.4 Å². The molecule has 5 fully saturated rings. The molecule has 43 heavy (non-hydrogen) atoms. The number of piperidine rings is 1. The molecule has 9 nitrogen and oxygen atoms in total. The zero-order chi connectivity index (χ0) is 30.7. The number of rotatable bonds is 10. The second kappa shape index (κ2) is 11.4. The molecule has 7 bridgehead atoms. The summed E-state index contributed by atoms with van der Waals surface area (Å²) in [5.74, 6) is -1.06. The fraction of sp³-hybridized carbons (Fsp3) is 0.765. The second-order valence-corrected chi connectivity index (χ2v) is 13.7. The highest BCUT2D eigenvalue weighted by atomic mass is 16.6. The summed E-state index contributed by atoms with van der Waals surface area (Å²) < 4.78 is 38.3. The fourth-order valence-electron chi connectivity index (χ4n) is 11.6. The van der Waals surface area contributed by atoms with Crippen LogP contribution in [0.15, 0.2) is 30.3 Å². The Morgan fingerprint density at radius 2 is 1.81 bits per heavy atom. The van der Waals surface area contributed by atoms with Crippen molar-refractivity contribution < 1.29 is 38.0 Å². The van der Waals surface area contributed by atoms with Gasteiger partial charge in [0.05, 0.1) is 30.5 Å². The summed E-state index contributed by atoms with van der Waals surface area (Å²) in [6.45, 7) is 8.07. The van der Waals surface area contributed by atoms with Crippen molar-refractivity contribution in [1.82, 2.24) is 4.90 Å². The van der Waals surface area contributed by atoms with Crippen molar-refractivity contribution in [2.24, 2.45) is 34.5 Å². The lowest BCUT2D eigenvalue weighted by molar-refractivity contribution is -0.302. The Bertz CT molecular complexity index is 1200. The van der Waals surface area contributed by atoms with Crippen molar-refractivity contribution >= 4 is 11.9 Å². The Hall–Kier alpha value is -2.04. The third-order valence-electron chi connectivity index (χ3n) is 12.2. The van der Waals surface area contributed by atoms with Gasteiger partial charge in [-0.3, -0.25) is 9.69 Å². The van der Waals surface area contributed by atoms with Gasteiger partial charge in [0.2, 0.25) is 0 Å². The summed E-state index contributed by atoms with van der Waals surface area (Å²) in [7, 11) is 7.18. The first-order chi connectivity index (χ1) is 20.7.